The van der Waals surface area contributed by atoms with E-state index in [1.54, 1.807) is 0 Å². The highest BCUT2D eigenvalue weighted by Crippen LogP contribution is 2.34. The van der Waals surface area contributed by atoms with Gasteiger partial charge in [-0.05, 0) is 11.1 Å². The van der Waals surface area contributed by atoms with E-state index in [0.717, 1.165) is 0 Å². The molecule has 0 N–H and O–H groups in total. The Labute approximate surface area is 56.7 Å². The van der Waals surface area contributed by atoms with Crippen LogP contribution >= 0.6 is 15.9 Å². The summed E-state index contributed by atoms with van der Waals surface area (Å²) >= 11 is 3.53. The van der Waals surface area contributed by atoms with E-state index in [2.05, 4.69) is 40.2 Å². The molecular formula is C7H5Br. The van der Waals surface area contributed by atoms with Crippen LogP contribution < -0.4 is 0 Å². The fourth-order valence-corrected chi connectivity index (χ4v) is 1.64. The molecule has 0 saturated carbocycles. The Morgan fingerprint density at radius 2 is 1.62 bits per heavy atom. The van der Waals surface area contributed by atoms with Crippen molar-refractivity contribution in [1.82, 2.24) is 0 Å². The second-order valence-corrected chi connectivity index (χ2v) is 2.94. The molecule has 0 aromatic rings. The quantitative estimate of drug-likeness (QED) is 0.487. The standard InChI is InChI=1S/C7H5Br/c8-7-5-1-2-6(7)4-3-5/h1-4,7H. The lowest BCUT2D eigenvalue weighted by Gasteiger charge is -1.94. The second kappa shape index (κ2) is 1.35. The summed E-state index contributed by atoms with van der Waals surface area (Å²) in [5.74, 6) is 0. The van der Waals surface area contributed by atoms with Gasteiger partial charge in [0.05, 0.1) is 4.83 Å². The minimum Gasteiger partial charge on any atom is -0.0786 e. The molecule has 0 spiro atoms. The molecule has 0 aromatic carbocycles. The summed E-state index contributed by atoms with van der Waals surface area (Å²) in [5.41, 5.74) is 2.78. The maximum Gasteiger partial charge on any atom is 0.0644 e. The molecule has 2 aliphatic rings. The van der Waals surface area contributed by atoms with E-state index in [4.69, 9.17) is 0 Å². The number of halogens is 1. The Morgan fingerprint density at radius 1 is 1.12 bits per heavy atom. The molecule has 2 rings (SSSR count). The van der Waals surface area contributed by atoms with Crippen molar-refractivity contribution in [3.63, 3.8) is 0 Å². The van der Waals surface area contributed by atoms with Crippen LogP contribution in [0.2, 0.25) is 0 Å². The summed E-state index contributed by atoms with van der Waals surface area (Å²) in [6, 6.07) is 0. The van der Waals surface area contributed by atoms with Gasteiger partial charge in [0.25, 0.3) is 0 Å². The van der Waals surface area contributed by atoms with Crippen LogP contribution in [-0.2, 0) is 0 Å². The minimum atomic E-state index is 0.516. The van der Waals surface area contributed by atoms with Crippen molar-refractivity contribution in [2.75, 3.05) is 0 Å². The van der Waals surface area contributed by atoms with Gasteiger partial charge >= 0.3 is 0 Å². The van der Waals surface area contributed by atoms with Crippen molar-refractivity contribution in [2.45, 2.75) is 4.83 Å². The molecule has 0 aromatic heterocycles. The summed E-state index contributed by atoms with van der Waals surface area (Å²) < 4.78 is 0. The highest BCUT2D eigenvalue weighted by Gasteiger charge is 2.20. The molecule has 2 bridgehead atoms. The molecule has 0 saturated heterocycles. The van der Waals surface area contributed by atoms with Crippen LogP contribution in [-0.4, -0.2) is 4.83 Å². The molecule has 1 heteroatoms. The van der Waals surface area contributed by atoms with Gasteiger partial charge in [-0.25, -0.2) is 0 Å². The van der Waals surface area contributed by atoms with E-state index < -0.39 is 0 Å². The molecule has 0 amide bonds. The average Bonchev–Trinajstić information content (AvgIpc) is 2.29. The highest BCUT2D eigenvalue weighted by atomic mass is 79.9. The lowest BCUT2D eigenvalue weighted by Crippen LogP contribution is -1.89. The zero-order valence-corrected chi connectivity index (χ0v) is 5.85. The number of alkyl halides is 1. The van der Waals surface area contributed by atoms with Crippen LogP contribution in [0.1, 0.15) is 0 Å². The summed E-state index contributed by atoms with van der Waals surface area (Å²) in [6.45, 7) is 0. The molecule has 0 heterocycles. The first kappa shape index (κ1) is 4.57. The van der Waals surface area contributed by atoms with E-state index in [-0.39, 0.29) is 0 Å². The third-order valence-electron chi connectivity index (χ3n) is 1.52. The maximum absolute atomic E-state index is 3.53. The molecule has 0 fully saturated rings. The van der Waals surface area contributed by atoms with Crippen LogP contribution in [0.4, 0.5) is 0 Å². The second-order valence-electron chi connectivity index (χ2n) is 2.03. The Hall–Kier alpha value is -0.300. The molecular weight excluding hydrogens is 164 g/mol. The number of hydrogen-bond acceptors (Lipinski definition) is 0. The Bertz CT molecular complexity index is 186. The third kappa shape index (κ3) is 0.402. The molecule has 8 heavy (non-hydrogen) atoms. The molecule has 0 nitrogen and oxygen atoms in total. The van der Waals surface area contributed by atoms with E-state index in [9.17, 15) is 0 Å². The van der Waals surface area contributed by atoms with E-state index >= 15 is 0 Å². The van der Waals surface area contributed by atoms with Gasteiger partial charge < -0.3 is 0 Å². The topological polar surface area (TPSA) is 0 Å². The first-order chi connectivity index (χ1) is 3.88. The number of rotatable bonds is 0. The first-order valence-electron chi connectivity index (χ1n) is 2.62. The summed E-state index contributed by atoms with van der Waals surface area (Å²) in [7, 11) is 0. The summed E-state index contributed by atoms with van der Waals surface area (Å²) in [6.07, 6.45) is 8.59. The smallest absolute Gasteiger partial charge is 0.0644 e. The fraction of sp³-hybridized carbons (Fsp3) is 0.143. The van der Waals surface area contributed by atoms with Crippen molar-refractivity contribution in [2.24, 2.45) is 0 Å². The third-order valence-corrected chi connectivity index (χ3v) is 2.58. The van der Waals surface area contributed by atoms with Crippen LogP contribution in [0, 0.1) is 0 Å². The highest BCUT2D eigenvalue weighted by molar-refractivity contribution is 9.09. The van der Waals surface area contributed by atoms with Crippen molar-refractivity contribution < 1.29 is 0 Å². The van der Waals surface area contributed by atoms with Crippen LogP contribution in [0.5, 0.6) is 0 Å². The van der Waals surface area contributed by atoms with Gasteiger partial charge in [-0.15, -0.1) is 0 Å². The fourth-order valence-electron chi connectivity index (χ4n) is 1.03. The molecule has 40 valence electrons. The molecule has 0 unspecified atom stereocenters. The van der Waals surface area contributed by atoms with Crippen molar-refractivity contribution in [3.05, 3.63) is 35.5 Å². The Balaban J connectivity index is 2.57. The zero-order valence-electron chi connectivity index (χ0n) is 4.26. The normalized spacial score (nSPS) is 24.1. The van der Waals surface area contributed by atoms with Gasteiger partial charge in [0, 0.05) is 0 Å². The molecule has 2 aliphatic carbocycles. The monoisotopic (exact) mass is 168 g/mol. The van der Waals surface area contributed by atoms with Crippen LogP contribution in [0.15, 0.2) is 35.5 Å². The first-order valence-corrected chi connectivity index (χ1v) is 3.53. The SMILES string of the molecule is BrC1C2=CC=C1C=C2. The number of allylic oxidation sites excluding steroid dienone is 6. The number of fused-ring (bicyclic) bond motifs is 2. The van der Waals surface area contributed by atoms with E-state index in [1.165, 1.54) is 11.1 Å². The van der Waals surface area contributed by atoms with Crippen molar-refractivity contribution in [1.29, 1.82) is 0 Å². The molecule has 0 aliphatic heterocycles. The van der Waals surface area contributed by atoms with Crippen molar-refractivity contribution >= 4 is 15.9 Å². The van der Waals surface area contributed by atoms with Gasteiger partial charge in [0.1, 0.15) is 0 Å². The largest absolute Gasteiger partial charge is 0.0786 e. The summed E-state index contributed by atoms with van der Waals surface area (Å²) in [4.78, 5) is 0.516. The van der Waals surface area contributed by atoms with Crippen LogP contribution in [0.25, 0.3) is 0 Å². The zero-order chi connectivity index (χ0) is 5.56. The van der Waals surface area contributed by atoms with E-state index in [1.807, 2.05) is 0 Å². The Morgan fingerprint density at radius 3 is 1.75 bits per heavy atom. The van der Waals surface area contributed by atoms with Crippen LogP contribution in [0.3, 0.4) is 0 Å². The lowest BCUT2D eigenvalue weighted by molar-refractivity contribution is 1.37. The maximum atomic E-state index is 3.53. The predicted molar refractivity (Wildman–Crippen MR) is 38.0 cm³/mol. The van der Waals surface area contributed by atoms with Gasteiger partial charge in [-0.1, -0.05) is 40.2 Å². The Kier molecular flexibility index (Phi) is 0.770. The van der Waals surface area contributed by atoms with Gasteiger partial charge in [0.15, 0.2) is 0 Å². The molecule has 0 atom stereocenters. The summed E-state index contributed by atoms with van der Waals surface area (Å²) in [5, 5.41) is 0. The lowest BCUT2D eigenvalue weighted by atomic mass is 10.3. The molecule has 0 radical (unpaired) electrons. The van der Waals surface area contributed by atoms with Gasteiger partial charge in [-0.2, -0.15) is 0 Å². The van der Waals surface area contributed by atoms with Crippen molar-refractivity contribution in [3.8, 4) is 0 Å². The predicted octanol–water partition coefficient (Wildman–Crippen LogP) is 2.19. The van der Waals surface area contributed by atoms with Gasteiger partial charge in [0.2, 0.25) is 0 Å². The van der Waals surface area contributed by atoms with E-state index in [0.29, 0.717) is 4.83 Å². The minimum absolute atomic E-state index is 0.516. The average molecular weight is 169 g/mol. The number of hydrogen-bond donors (Lipinski definition) is 0. The van der Waals surface area contributed by atoms with Gasteiger partial charge in [-0.3, -0.25) is 0 Å².